The van der Waals surface area contributed by atoms with Gasteiger partial charge in [-0.3, -0.25) is 0 Å². The SMILES string of the molecule is Cc1ccc(Oc2ccc(C(C)C)c(C#N)c2F)cc1. The number of hydrogen-bond donors (Lipinski definition) is 0. The molecular formula is C17H16FNO. The molecule has 2 rings (SSSR count). The van der Waals surface area contributed by atoms with Crippen molar-refractivity contribution in [2.24, 2.45) is 0 Å². The van der Waals surface area contributed by atoms with Crippen LogP contribution in [0.1, 0.15) is 36.5 Å². The Morgan fingerprint density at radius 2 is 1.75 bits per heavy atom. The first-order valence-electron chi connectivity index (χ1n) is 6.50. The summed E-state index contributed by atoms with van der Waals surface area (Å²) in [5, 5.41) is 9.13. The van der Waals surface area contributed by atoms with Crippen LogP contribution in [0.4, 0.5) is 4.39 Å². The second kappa shape index (κ2) is 5.75. The zero-order chi connectivity index (χ0) is 14.7. The van der Waals surface area contributed by atoms with Crippen LogP contribution in [0.2, 0.25) is 0 Å². The normalized spacial score (nSPS) is 10.4. The van der Waals surface area contributed by atoms with Crippen LogP contribution in [0.5, 0.6) is 11.5 Å². The first-order valence-corrected chi connectivity index (χ1v) is 6.50. The van der Waals surface area contributed by atoms with E-state index in [1.807, 2.05) is 39.0 Å². The van der Waals surface area contributed by atoms with E-state index < -0.39 is 5.82 Å². The van der Waals surface area contributed by atoms with Gasteiger partial charge in [-0.25, -0.2) is 4.39 Å². The summed E-state index contributed by atoms with van der Waals surface area (Å²) in [5.41, 5.74) is 1.86. The highest BCUT2D eigenvalue weighted by Crippen LogP contribution is 2.31. The van der Waals surface area contributed by atoms with Crippen molar-refractivity contribution in [3.05, 3.63) is 58.9 Å². The van der Waals surface area contributed by atoms with Crippen LogP contribution in [-0.2, 0) is 0 Å². The summed E-state index contributed by atoms with van der Waals surface area (Å²) in [4.78, 5) is 0. The van der Waals surface area contributed by atoms with Crippen LogP contribution in [0.15, 0.2) is 36.4 Å². The fourth-order valence-electron chi connectivity index (χ4n) is 1.98. The van der Waals surface area contributed by atoms with Gasteiger partial charge in [-0.1, -0.05) is 37.6 Å². The Morgan fingerprint density at radius 3 is 2.30 bits per heavy atom. The largest absolute Gasteiger partial charge is 0.454 e. The van der Waals surface area contributed by atoms with Crippen LogP contribution >= 0.6 is 0 Å². The molecule has 0 aliphatic heterocycles. The number of halogens is 1. The zero-order valence-corrected chi connectivity index (χ0v) is 11.8. The molecule has 0 saturated carbocycles. The van der Waals surface area contributed by atoms with Gasteiger partial charge in [0.15, 0.2) is 11.6 Å². The van der Waals surface area contributed by atoms with E-state index in [0.717, 1.165) is 5.56 Å². The van der Waals surface area contributed by atoms with E-state index in [1.54, 1.807) is 24.3 Å². The molecule has 0 aromatic heterocycles. The van der Waals surface area contributed by atoms with Gasteiger partial charge in [-0.05, 0) is 36.6 Å². The molecule has 0 aliphatic rings. The maximum absolute atomic E-state index is 14.3. The molecule has 0 radical (unpaired) electrons. The van der Waals surface area contributed by atoms with Crippen LogP contribution in [-0.4, -0.2) is 0 Å². The van der Waals surface area contributed by atoms with Gasteiger partial charge in [-0.2, -0.15) is 5.26 Å². The monoisotopic (exact) mass is 269 g/mol. The molecule has 0 N–H and O–H groups in total. The number of nitriles is 1. The zero-order valence-electron chi connectivity index (χ0n) is 11.8. The Balaban J connectivity index is 2.39. The Labute approximate surface area is 118 Å². The third-order valence-corrected chi connectivity index (χ3v) is 3.12. The molecule has 102 valence electrons. The first kappa shape index (κ1) is 14.1. The molecule has 3 heteroatoms. The fourth-order valence-corrected chi connectivity index (χ4v) is 1.98. The van der Waals surface area contributed by atoms with Crippen molar-refractivity contribution in [1.29, 1.82) is 5.26 Å². The third kappa shape index (κ3) is 2.80. The molecule has 0 atom stereocenters. The lowest BCUT2D eigenvalue weighted by atomic mass is 9.97. The van der Waals surface area contributed by atoms with Gasteiger partial charge in [0.25, 0.3) is 0 Å². The summed E-state index contributed by atoms with van der Waals surface area (Å²) in [7, 11) is 0. The van der Waals surface area contributed by atoms with Crippen LogP contribution in [0.25, 0.3) is 0 Å². The highest BCUT2D eigenvalue weighted by molar-refractivity contribution is 5.47. The average Bonchev–Trinajstić information content (AvgIpc) is 2.43. The van der Waals surface area contributed by atoms with E-state index in [2.05, 4.69) is 0 Å². The van der Waals surface area contributed by atoms with Crippen LogP contribution < -0.4 is 4.74 Å². The second-order valence-corrected chi connectivity index (χ2v) is 5.02. The quantitative estimate of drug-likeness (QED) is 0.792. The van der Waals surface area contributed by atoms with Crippen molar-refractivity contribution >= 4 is 0 Å². The summed E-state index contributed by atoms with van der Waals surface area (Å²) in [5.74, 6) is 0.123. The molecule has 0 fully saturated rings. The van der Waals surface area contributed by atoms with E-state index >= 15 is 0 Å². The maximum Gasteiger partial charge on any atom is 0.183 e. The van der Waals surface area contributed by atoms with E-state index in [9.17, 15) is 4.39 Å². The molecule has 2 nitrogen and oxygen atoms in total. The van der Waals surface area contributed by atoms with Crippen molar-refractivity contribution < 1.29 is 9.13 Å². The molecule has 2 aromatic carbocycles. The van der Waals surface area contributed by atoms with E-state index in [4.69, 9.17) is 10.00 Å². The first-order chi connectivity index (χ1) is 9.52. The number of nitrogens with zero attached hydrogens (tertiary/aromatic N) is 1. The molecule has 0 unspecified atom stereocenters. The van der Waals surface area contributed by atoms with Crippen LogP contribution in [0.3, 0.4) is 0 Å². The van der Waals surface area contributed by atoms with Crippen molar-refractivity contribution in [3.8, 4) is 17.6 Å². The van der Waals surface area contributed by atoms with Crippen LogP contribution in [0, 0.1) is 24.1 Å². The summed E-state index contributed by atoms with van der Waals surface area (Å²) in [6.45, 7) is 5.82. The van der Waals surface area contributed by atoms with E-state index in [0.29, 0.717) is 11.3 Å². The van der Waals surface area contributed by atoms with Gasteiger partial charge in [-0.15, -0.1) is 0 Å². The molecule has 0 bridgehead atoms. The predicted octanol–water partition coefficient (Wildman–Crippen LogP) is 4.92. The van der Waals surface area contributed by atoms with E-state index in [1.165, 1.54) is 0 Å². The molecule has 0 saturated heterocycles. The van der Waals surface area contributed by atoms with E-state index in [-0.39, 0.29) is 17.2 Å². The number of rotatable bonds is 3. The lowest BCUT2D eigenvalue weighted by Crippen LogP contribution is -1.99. The lowest BCUT2D eigenvalue weighted by Gasteiger charge is -2.12. The standard InChI is InChI=1S/C17H16FNO/c1-11(2)14-8-9-16(17(18)15(14)10-19)20-13-6-4-12(3)5-7-13/h4-9,11H,1-3H3. The van der Waals surface area contributed by atoms with Gasteiger partial charge < -0.3 is 4.74 Å². The highest BCUT2D eigenvalue weighted by atomic mass is 19.1. The lowest BCUT2D eigenvalue weighted by molar-refractivity contribution is 0.440. The van der Waals surface area contributed by atoms with Gasteiger partial charge in [0.05, 0.1) is 5.56 Å². The van der Waals surface area contributed by atoms with Crippen molar-refractivity contribution in [2.45, 2.75) is 26.7 Å². The van der Waals surface area contributed by atoms with Gasteiger partial charge in [0.2, 0.25) is 0 Å². The Morgan fingerprint density at radius 1 is 1.10 bits per heavy atom. The van der Waals surface area contributed by atoms with Gasteiger partial charge >= 0.3 is 0 Å². The predicted molar refractivity (Wildman–Crippen MR) is 76.5 cm³/mol. The van der Waals surface area contributed by atoms with Crippen molar-refractivity contribution in [3.63, 3.8) is 0 Å². The minimum atomic E-state index is -0.598. The molecule has 0 aliphatic carbocycles. The number of hydrogen-bond acceptors (Lipinski definition) is 2. The molecule has 2 aromatic rings. The fraction of sp³-hybridized carbons (Fsp3) is 0.235. The number of aryl methyl sites for hydroxylation is 1. The Hall–Kier alpha value is -2.34. The average molecular weight is 269 g/mol. The molecule has 0 heterocycles. The molecular weight excluding hydrogens is 253 g/mol. The summed E-state index contributed by atoms with van der Waals surface area (Å²) in [6.07, 6.45) is 0. The number of benzene rings is 2. The summed E-state index contributed by atoms with van der Waals surface area (Å²) < 4.78 is 19.8. The highest BCUT2D eigenvalue weighted by Gasteiger charge is 2.16. The summed E-state index contributed by atoms with van der Waals surface area (Å²) >= 11 is 0. The number of ether oxygens (including phenoxy) is 1. The van der Waals surface area contributed by atoms with Crippen molar-refractivity contribution in [2.75, 3.05) is 0 Å². The van der Waals surface area contributed by atoms with Crippen molar-refractivity contribution in [1.82, 2.24) is 0 Å². The Kier molecular flexibility index (Phi) is 4.05. The maximum atomic E-state index is 14.3. The van der Waals surface area contributed by atoms with Gasteiger partial charge in [0, 0.05) is 0 Å². The topological polar surface area (TPSA) is 33.0 Å². The molecule has 0 spiro atoms. The Bertz CT molecular complexity index is 654. The summed E-state index contributed by atoms with van der Waals surface area (Å²) in [6, 6.07) is 12.6. The molecule has 0 amide bonds. The third-order valence-electron chi connectivity index (χ3n) is 3.12. The second-order valence-electron chi connectivity index (χ2n) is 5.02. The van der Waals surface area contributed by atoms with Gasteiger partial charge in [0.1, 0.15) is 11.8 Å². The molecule has 20 heavy (non-hydrogen) atoms. The smallest absolute Gasteiger partial charge is 0.183 e. The minimum absolute atomic E-state index is 0.0598. The minimum Gasteiger partial charge on any atom is -0.454 e.